The molecule has 3 aromatic rings. The first-order valence-corrected chi connectivity index (χ1v) is 10.4. The van der Waals surface area contributed by atoms with E-state index >= 15 is 0 Å². The van der Waals surface area contributed by atoms with Gasteiger partial charge in [-0.2, -0.15) is 5.10 Å². The second-order valence-electron chi connectivity index (χ2n) is 7.61. The van der Waals surface area contributed by atoms with E-state index in [9.17, 15) is 9.59 Å². The van der Waals surface area contributed by atoms with Crippen LogP contribution in [0.5, 0.6) is 11.5 Å². The zero-order chi connectivity index (χ0) is 22.7. The molecule has 3 heterocycles. The number of piperidine rings is 1. The molecule has 1 atom stereocenters. The van der Waals surface area contributed by atoms with Crippen LogP contribution in [-0.4, -0.2) is 57.8 Å². The fraction of sp³-hybridized carbons (Fsp3) is 0.304. The van der Waals surface area contributed by atoms with E-state index in [1.54, 1.807) is 35.9 Å². The second-order valence-corrected chi connectivity index (χ2v) is 7.61. The van der Waals surface area contributed by atoms with Crippen LogP contribution in [0.1, 0.15) is 33.8 Å². The number of hydrogen-bond donors (Lipinski definition) is 1. The summed E-state index contributed by atoms with van der Waals surface area (Å²) >= 11 is 0. The lowest BCUT2D eigenvalue weighted by molar-refractivity contribution is 0.0528. The Labute approximate surface area is 185 Å². The van der Waals surface area contributed by atoms with Crippen LogP contribution >= 0.6 is 0 Å². The number of amides is 2. The van der Waals surface area contributed by atoms with Crippen LogP contribution in [-0.2, 0) is 7.05 Å². The van der Waals surface area contributed by atoms with E-state index in [1.165, 1.54) is 12.3 Å². The molecule has 0 spiro atoms. The van der Waals surface area contributed by atoms with Gasteiger partial charge in [-0.3, -0.25) is 19.3 Å². The van der Waals surface area contributed by atoms with Gasteiger partial charge in [0.1, 0.15) is 29.0 Å². The molecule has 0 bridgehead atoms. The standard InChI is InChI=1S/C23H25N5O4/c1-27-20(13-18(26-27)17-7-3-4-8-21(17)31-2)23(30)28-11-5-6-16(14-28)32-15-9-10-25-19(12-15)22(24)29/h3-4,7-10,12-13,16H,5-6,11,14H2,1-2H3,(H2,24,29). The van der Waals surface area contributed by atoms with Crippen LogP contribution in [0.2, 0.25) is 0 Å². The summed E-state index contributed by atoms with van der Waals surface area (Å²) in [5.41, 5.74) is 7.43. The van der Waals surface area contributed by atoms with Gasteiger partial charge in [0.25, 0.3) is 11.8 Å². The smallest absolute Gasteiger partial charge is 0.272 e. The predicted octanol–water partition coefficient (Wildman–Crippen LogP) is 2.27. The van der Waals surface area contributed by atoms with Crippen molar-refractivity contribution in [2.45, 2.75) is 18.9 Å². The third kappa shape index (κ3) is 4.41. The van der Waals surface area contributed by atoms with Gasteiger partial charge in [-0.05, 0) is 37.1 Å². The summed E-state index contributed by atoms with van der Waals surface area (Å²) in [4.78, 5) is 30.3. The van der Waals surface area contributed by atoms with E-state index in [2.05, 4.69) is 10.1 Å². The number of rotatable bonds is 6. The number of primary amides is 1. The topological polar surface area (TPSA) is 113 Å². The van der Waals surface area contributed by atoms with E-state index in [0.29, 0.717) is 36.0 Å². The minimum Gasteiger partial charge on any atom is -0.496 e. The molecule has 1 aliphatic rings. The SMILES string of the molecule is COc1ccccc1-c1cc(C(=O)N2CCCC(Oc3ccnc(C(N)=O)c3)C2)n(C)n1. The van der Waals surface area contributed by atoms with Gasteiger partial charge in [-0.25, -0.2) is 0 Å². The molecule has 0 aliphatic carbocycles. The molecule has 2 aromatic heterocycles. The number of aromatic nitrogens is 3. The highest BCUT2D eigenvalue weighted by molar-refractivity contribution is 5.94. The molecule has 1 aliphatic heterocycles. The van der Waals surface area contributed by atoms with Crippen LogP contribution in [0.4, 0.5) is 0 Å². The van der Waals surface area contributed by atoms with Gasteiger partial charge < -0.3 is 20.1 Å². The molecule has 9 heteroatoms. The Bertz CT molecular complexity index is 1140. The van der Waals surface area contributed by atoms with Crippen molar-refractivity contribution in [2.75, 3.05) is 20.2 Å². The Kier molecular flexibility index (Phi) is 6.07. The average molecular weight is 435 g/mol. The molecule has 0 saturated carbocycles. The molecule has 4 rings (SSSR count). The minimum atomic E-state index is -0.613. The number of benzene rings is 1. The van der Waals surface area contributed by atoms with E-state index in [-0.39, 0.29) is 17.7 Å². The Morgan fingerprint density at radius 1 is 1.19 bits per heavy atom. The van der Waals surface area contributed by atoms with Gasteiger partial charge in [0.15, 0.2) is 0 Å². The van der Waals surface area contributed by atoms with Crippen molar-refractivity contribution in [1.82, 2.24) is 19.7 Å². The first-order chi connectivity index (χ1) is 15.5. The summed E-state index contributed by atoms with van der Waals surface area (Å²) in [5.74, 6) is 0.482. The average Bonchev–Trinajstić information content (AvgIpc) is 3.20. The van der Waals surface area contributed by atoms with Crippen LogP contribution in [0.3, 0.4) is 0 Å². The van der Waals surface area contributed by atoms with Gasteiger partial charge in [-0.1, -0.05) is 12.1 Å². The fourth-order valence-electron chi connectivity index (χ4n) is 3.85. The number of hydrogen-bond acceptors (Lipinski definition) is 6. The molecule has 1 saturated heterocycles. The summed E-state index contributed by atoms with van der Waals surface area (Å²) in [6.45, 7) is 1.07. The fourth-order valence-corrected chi connectivity index (χ4v) is 3.85. The summed E-state index contributed by atoms with van der Waals surface area (Å²) < 4.78 is 13.0. The van der Waals surface area contributed by atoms with Gasteiger partial charge >= 0.3 is 0 Å². The minimum absolute atomic E-state index is 0.109. The first-order valence-electron chi connectivity index (χ1n) is 10.4. The van der Waals surface area contributed by atoms with Crippen LogP contribution in [0.25, 0.3) is 11.3 Å². The second kappa shape index (κ2) is 9.09. The normalized spacial score (nSPS) is 15.9. The Balaban J connectivity index is 1.49. The summed E-state index contributed by atoms with van der Waals surface area (Å²) in [6.07, 6.45) is 2.89. The molecule has 2 N–H and O–H groups in total. The zero-order valence-electron chi connectivity index (χ0n) is 18.0. The number of likely N-dealkylation sites (tertiary alicyclic amines) is 1. The molecule has 1 aromatic carbocycles. The van der Waals surface area contributed by atoms with Crippen molar-refractivity contribution in [3.63, 3.8) is 0 Å². The Morgan fingerprint density at radius 2 is 2.00 bits per heavy atom. The zero-order valence-corrected chi connectivity index (χ0v) is 18.0. The van der Waals surface area contributed by atoms with Crippen molar-refractivity contribution >= 4 is 11.8 Å². The highest BCUT2D eigenvalue weighted by Gasteiger charge is 2.28. The number of ether oxygens (including phenoxy) is 2. The van der Waals surface area contributed by atoms with Crippen molar-refractivity contribution in [3.8, 4) is 22.8 Å². The Morgan fingerprint density at radius 3 is 2.78 bits per heavy atom. The molecule has 9 nitrogen and oxygen atoms in total. The highest BCUT2D eigenvalue weighted by Crippen LogP contribution is 2.29. The third-order valence-corrected chi connectivity index (χ3v) is 5.43. The van der Waals surface area contributed by atoms with Crippen molar-refractivity contribution in [1.29, 1.82) is 0 Å². The van der Waals surface area contributed by atoms with Crippen LogP contribution in [0, 0.1) is 0 Å². The summed E-state index contributed by atoms with van der Waals surface area (Å²) in [6, 6.07) is 12.5. The highest BCUT2D eigenvalue weighted by atomic mass is 16.5. The molecule has 166 valence electrons. The monoisotopic (exact) mass is 435 g/mol. The predicted molar refractivity (Wildman–Crippen MR) is 118 cm³/mol. The Hall–Kier alpha value is -3.88. The molecular weight excluding hydrogens is 410 g/mol. The van der Waals surface area contributed by atoms with Gasteiger partial charge in [-0.15, -0.1) is 0 Å². The van der Waals surface area contributed by atoms with Gasteiger partial charge in [0, 0.05) is 31.4 Å². The van der Waals surface area contributed by atoms with E-state index in [0.717, 1.165) is 18.4 Å². The molecule has 2 amide bonds. The first kappa shape index (κ1) is 21.4. The van der Waals surface area contributed by atoms with Gasteiger partial charge in [0.2, 0.25) is 0 Å². The lowest BCUT2D eigenvalue weighted by Crippen LogP contribution is -2.44. The molecule has 0 radical (unpaired) electrons. The lowest BCUT2D eigenvalue weighted by atomic mass is 10.1. The van der Waals surface area contributed by atoms with Crippen LogP contribution in [0.15, 0.2) is 48.7 Å². The molecule has 1 unspecified atom stereocenters. The molecular formula is C23H25N5O4. The maximum Gasteiger partial charge on any atom is 0.272 e. The number of pyridine rings is 1. The van der Waals surface area contributed by atoms with E-state index in [1.807, 2.05) is 24.3 Å². The van der Waals surface area contributed by atoms with Crippen molar-refractivity contribution in [2.24, 2.45) is 12.8 Å². The number of methoxy groups -OCH3 is 1. The largest absolute Gasteiger partial charge is 0.496 e. The number of aryl methyl sites for hydroxylation is 1. The van der Waals surface area contributed by atoms with Gasteiger partial charge in [0.05, 0.1) is 19.3 Å². The number of carbonyl (C=O) groups excluding carboxylic acids is 2. The maximum atomic E-state index is 13.3. The summed E-state index contributed by atoms with van der Waals surface area (Å²) in [5, 5.41) is 4.53. The van der Waals surface area contributed by atoms with Crippen molar-refractivity contribution in [3.05, 3.63) is 60.0 Å². The molecule has 32 heavy (non-hydrogen) atoms. The summed E-state index contributed by atoms with van der Waals surface area (Å²) in [7, 11) is 3.36. The van der Waals surface area contributed by atoms with E-state index < -0.39 is 5.91 Å². The lowest BCUT2D eigenvalue weighted by Gasteiger charge is -2.32. The third-order valence-electron chi connectivity index (χ3n) is 5.43. The number of nitrogens with zero attached hydrogens (tertiary/aromatic N) is 4. The number of carbonyl (C=O) groups is 2. The maximum absolute atomic E-state index is 13.3. The van der Waals surface area contributed by atoms with Crippen molar-refractivity contribution < 1.29 is 19.1 Å². The van der Waals surface area contributed by atoms with Crippen LogP contribution < -0.4 is 15.2 Å². The van der Waals surface area contributed by atoms with E-state index in [4.69, 9.17) is 15.2 Å². The quantitative estimate of drug-likeness (QED) is 0.636. The number of nitrogens with two attached hydrogens (primary N) is 1. The number of para-hydroxylation sites is 1. The molecule has 1 fully saturated rings.